The molecule has 0 aliphatic heterocycles. The van der Waals surface area contributed by atoms with E-state index in [1.165, 1.54) is 0 Å². The summed E-state index contributed by atoms with van der Waals surface area (Å²) in [5.41, 5.74) is 9.66. The van der Waals surface area contributed by atoms with Crippen molar-refractivity contribution in [2.24, 2.45) is 0 Å². The SMILES string of the molecule is Nc1ccc(OCCn2c(-c3ccccc3)nc3ccccc32)cc1. The molecule has 0 radical (unpaired) electrons. The molecule has 3 aromatic carbocycles. The van der Waals surface area contributed by atoms with Gasteiger partial charge >= 0.3 is 0 Å². The second-order valence-electron chi connectivity index (χ2n) is 5.86. The van der Waals surface area contributed by atoms with Gasteiger partial charge in [0.05, 0.1) is 17.6 Å². The lowest BCUT2D eigenvalue weighted by atomic mass is 10.2. The highest BCUT2D eigenvalue weighted by Gasteiger charge is 2.12. The molecule has 0 aliphatic carbocycles. The topological polar surface area (TPSA) is 53.1 Å². The van der Waals surface area contributed by atoms with E-state index in [9.17, 15) is 0 Å². The van der Waals surface area contributed by atoms with E-state index < -0.39 is 0 Å². The van der Waals surface area contributed by atoms with Crippen molar-refractivity contribution in [1.29, 1.82) is 0 Å². The molecule has 1 heterocycles. The highest BCUT2D eigenvalue weighted by molar-refractivity contribution is 5.80. The minimum Gasteiger partial charge on any atom is -0.492 e. The summed E-state index contributed by atoms with van der Waals surface area (Å²) in [6.07, 6.45) is 0. The van der Waals surface area contributed by atoms with Gasteiger partial charge in [0, 0.05) is 11.3 Å². The zero-order valence-corrected chi connectivity index (χ0v) is 13.8. The van der Waals surface area contributed by atoms with Crippen molar-refractivity contribution >= 4 is 16.7 Å². The number of hydrogen-bond acceptors (Lipinski definition) is 3. The minimum atomic E-state index is 0.560. The van der Waals surface area contributed by atoms with Crippen molar-refractivity contribution in [1.82, 2.24) is 9.55 Å². The number of para-hydroxylation sites is 2. The van der Waals surface area contributed by atoms with Crippen LogP contribution in [0.3, 0.4) is 0 Å². The molecule has 4 aromatic rings. The van der Waals surface area contributed by atoms with E-state index in [0.29, 0.717) is 6.61 Å². The second-order valence-corrected chi connectivity index (χ2v) is 5.86. The van der Waals surface area contributed by atoms with Gasteiger partial charge in [-0.1, -0.05) is 42.5 Å². The van der Waals surface area contributed by atoms with Gasteiger partial charge in [0.15, 0.2) is 0 Å². The van der Waals surface area contributed by atoms with E-state index >= 15 is 0 Å². The zero-order chi connectivity index (χ0) is 17.1. The summed E-state index contributed by atoms with van der Waals surface area (Å²) in [7, 11) is 0. The molecule has 0 aliphatic rings. The molecule has 0 bridgehead atoms. The zero-order valence-electron chi connectivity index (χ0n) is 13.8. The maximum absolute atomic E-state index is 5.87. The van der Waals surface area contributed by atoms with Crippen LogP contribution in [0.15, 0.2) is 78.9 Å². The monoisotopic (exact) mass is 329 g/mol. The molecule has 25 heavy (non-hydrogen) atoms. The molecular weight excluding hydrogens is 310 g/mol. The van der Waals surface area contributed by atoms with E-state index in [4.69, 9.17) is 15.5 Å². The molecule has 4 heteroatoms. The Kier molecular flexibility index (Phi) is 4.09. The van der Waals surface area contributed by atoms with Crippen molar-refractivity contribution in [3.05, 3.63) is 78.9 Å². The first-order valence-corrected chi connectivity index (χ1v) is 8.30. The van der Waals surface area contributed by atoms with Crippen LogP contribution in [0, 0.1) is 0 Å². The number of benzene rings is 3. The first-order chi connectivity index (χ1) is 12.3. The van der Waals surface area contributed by atoms with Crippen LogP contribution in [-0.2, 0) is 6.54 Å². The van der Waals surface area contributed by atoms with Crippen molar-refractivity contribution in [2.45, 2.75) is 6.54 Å². The summed E-state index contributed by atoms with van der Waals surface area (Å²) in [5.74, 6) is 1.78. The van der Waals surface area contributed by atoms with Crippen molar-refractivity contribution < 1.29 is 4.74 Å². The molecule has 4 rings (SSSR count). The summed E-state index contributed by atoms with van der Waals surface area (Å²) in [4.78, 5) is 4.81. The highest BCUT2D eigenvalue weighted by atomic mass is 16.5. The maximum atomic E-state index is 5.87. The molecule has 0 saturated carbocycles. The van der Waals surface area contributed by atoms with Crippen molar-refractivity contribution in [3.8, 4) is 17.1 Å². The number of ether oxygens (including phenoxy) is 1. The first-order valence-electron chi connectivity index (χ1n) is 8.30. The first kappa shape index (κ1) is 15.3. The molecule has 0 fully saturated rings. The van der Waals surface area contributed by atoms with Crippen LogP contribution in [0.25, 0.3) is 22.4 Å². The number of rotatable bonds is 5. The van der Waals surface area contributed by atoms with Gasteiger partial charge < -0.3 is 15.0 Å². The number of nitrogen functional groups attached to an aromatic ring is 1. The predicted octanol–water partition coefficient (Wildman–Crippen LogP) is 4.36. The number of nitrogens with zero attached hydrogens (tertiary/aromatic N) is 2. The summed E-state index contributed by atoms with van der Waals surface area (Å²) in [5, 5.41) is 0. The van der Waals surface area contributed by atoms with Crippen molar-refractivity contribution in [2.75, 3.05) is 12.3 Å². The number of nitrogens with two attached hydrogens (primary N) is 1. The van der Waals surface area contributed by atoms with Gasteiger partial charge in [-0.25, -0.2) is 4.98 Å². The number of fused-ring (bicyclic) bond motifs is 1. The van der Waals surface area contributed by atoms with Crippen LogP contribution in [0.4, 0.5) is 5.69 Å². The highest BCUT2D eigenvalue weighted by Crippen LogP contribution is 2.24. The lowest BCUT2D eigenvalue weighted by molar-refractivity contribution is 0.301. The van der Waals surface area contributed by atoms with Crippen LogP contribution in [0.1, 0.15) is 0 Å². The summed E-state index contributed by atoms with van der Waals surface area (Å²) < 4.78 is 8.08. The van der Waals surface area contributed by atoms with Gasteiger partial charge in [-0.15, -0.1) is 0 Å². The average molecular weight is 329 g/mol. The fourth-order valence-corrected chi connectivity index (χ4v) is 2.93. The Morgan fingerprint density at radius 3 is 2.36 bits per heavy atom. The number of anilines is 1. The molecule has 1 aromatic heterocycles. The number of hydrogen-bond donors (Lipinski definition) is 1. The Morgan fingerprint density at radius 2 is 1.56 bits per heavy atom. The smallest absolute Gasteiger partial charge is 0.141 e. The van der Waals surface area contributed by atoms with E-state index in [0.717, 1.165) is 40.4 Å². The largest absolute Gasteiger partial charge is 0.492 e. The third-order valence-electron chi connectivity index (χ3n) is 4.15. The van der Waals surface area contributed by atoms with Gasteiger partial charge in [0.1, 0.15) is 18.2 Å². The van der Waals surface area contributed by atoms with Crippen LogP contribution in [0.5, 0.6) is 5.75 Å². The second kappa shape index (κ2) is 6.69. The van der Waals surface area contributed by atoms with E-state index in [1.807, 2.05) is 60.7 Å². The lowest BCUT2D eigenvalue weighted by Crippen LogP contribution is -2.09. The molecule has 0 atom stereocenters. The minimum absolute atomic E-state index is 0.560. The Balaban J connectivity index is 1.62. The fourth-order valence-electron chi connectivity index (χ4n) is 2.93. The summed E-state index contributed by atoms with van der Waals surface area (Å²) in [6, 6.07) is 25.9. The molecule has 0 spiro atoms. The molecule has 0 unspecified atom stereocenters. The third kappa shape index (κ3) is 3.19. The van der Waals surface area contributed by atoms with Gasteiger partial charge in [0.25, 0.3) is 0 Å². The van der Waals surface area contributed by atoms with Crippen molar-refractivity contribution in [3.63, 3.8) is 0 Å². The lowest BCUT2D eigenvalue weighted by Gasteiger charge is -2.11. The molecule has 0 amide bonds. The third-order valence-corrected chi connectivity index (χ3v) is 4.15. The quantitative estimate of drug-likeness (QED) is 0.553. The number of imidazole rings is 1. The van der Waals surface area contributed by atoms with Crippen LogP contribution in [0.2, 0.25) is 0 Å². The molecular formula is C21H19N3O. The van der Waals surface area contributed by atoms with Crippen LogP contribution in [-0.4, -0.2) is 16.2 Å². The summed E-state index contributed by atoms with van der Waals surface area (Å²) in [6.45, 7) is 1.28. The van der Waals surface area contributed by atoms with Gasteiger partial charge in [-0.2, -0.15) is 0 Å². The Morgan fingerprint density at radius 1 is 0.840 bits per heavy atom. The Bertz CT molecular complexity index is 975. The normalized spacial score (nSPS) is 10.9. The van der Waals surface area contributed by atoms with Gasteiger partial charge in [0.2, 0.25) is 0 Å². The molecule has 2 N–H and O–H groups in total. The van der Waals surface area contributed by atoms with Gasteiger partial charge in [-0.3, -0.25) is 0 Å². The average Bonchev–Trinajstić information content (AvgIpc) is 3.03. The van der Waals surface area contributed by atoms with Crippen LogP contribution >= 0.6 is 0 Å². The van der Waals surface area contributed by atoms with E-state index in [2.05, 4.69) is 22.8 Å². The molecule has 4 nitrogen and oxygen atoms in total. The van der Waals surface area contributed by atoms with E-state index in [1.54, 1.807) is 0 Å². The molecule has 124 valence electrons. The van der Waals surface area contributed by atoms with Crippen LogP contribution < -0.4 is 10.5 Å². The standard InChI is InChI=1S/C21H19N3O/c22-17-10-12-18(13-11-17)25-15-14-24-20-9-5-4-8-19(20)23-21(24)16-6-2-1-3-7-16/h1-13H,14-15,22H2. The Labute approximate surface area is 146 Å². The van der Waals surface area contributed by atoms with E-state index in [-0.39, 0.29) is 0 Å². The summed E-state index contributed by atoms with van der Waals surface area (Å²) >= 11 is 0. The fraction of sp³-hybridized carbons (Fsp3) is 0.0952. The maximum Gasteiger partial charge on any atom is 0.141 e. The van der Waals surface area contributed by atoms with Gasteiger partial charge in [-0.05, 0) is 36.4 Å². The number of aromatic nitrogens is 2. The Hall–Kier alpha value is -3.27. The predicted molar refractivity (Wildman–Crippen MR) is 102 cm³/mol. The molecule has 0 saturated heterocycles.